The van der Waals surface area contributed by atoms with E-state index in [9.17, 15) is 27.0 Å². The molecule has 0 fully saturated rings. The first kappa shape index (κ1) is 41.4. The van der Waals surface area contributed by atoms with Crippen molar-refractivity contribution in [2.75, 3.05) is 54.3 Å². The number of hydrogen-bond donors (Lipinski definition) is 2. The van der Waals surface area contributed by atoms with E-state index >= 15 is 0 Å². The Morgan fingerprint density at radius 3 is 1.85 bits per heavy atom. The van der Waals surface area contributed by atoms with Gasteiger partial charge in [0.25, 0.3) is 0 Å². The van der Waals surface area contributed by atoms with Gasteiger partial charge in [0.05, 0.1) is 5.69 Å². The maximum Gasteiger partial charge on any atom is 0.316 e. The van der Waals surface area contributed by atoms with Crippen LogP contribution in [0, 0.1) is 0 Å². The normalized spacial score (nSPS) is 12.0. The lowest BCUT2D eigenvalue weighted by Gasteiger charge is -2.18. The SMILES string of the molecule is CC(=O)Nc1cccc2c(=O)c(NS(=O)Oc3ccccc3)c3oc4cc(N(C)C)ccc4nc-3c12.CN(C)c1ccc2nc3c4ccccc4c(=O)c(S(C)(=O)=O)c-3oc2c1. The van der Waals surface area contributed by atoms with E-state index in [4.69, 9.17) is 18.0 Å². The van der Waals surface area contributed by atoms with Gasteiger partial charge in [0, 0.05) is 86.4 Å². The maximum atomic E-state index is 13.6. The number of anilines is 4. The molecule has 1 unspecified atom stereocenters. The average Bonchev–Trinajstić information content (AvgIpc) is 3.23. The van der Waals surface area contributed by atoms with Crippen LogP contribution in [0.2, 0.25) is 0 Å². The zero-order valence-corrected chi connectivity index (χ0v) is 35.8. The summed E-state index contributed by atoms with van der Waals surface area (Å²) in [7, 11) is 3.77. The Bertz CT molecular complexity index is 3430. The van der Waals surface area contributed by atoms with Gasteiger partial charge in [-0.25, -0.2) is 18.4 Å². The number of amides is 1. The number of aromatic nitrogens is 2. The van der Waals surface area contributed by atoms with Gasteiger partial charge in [-0.3, -0.25) is 19.1 Å². The molecule has 2 N–H and O–H groups in total. The number of benzene rings is 7. The topological polar surface area (TPSA) is 194 Å². The number of nitrogens with one attached hydrogen (secondary N) is 2. The van der Waals surface area contributed by atoms with E-state index < -0.39 is 32.0 Å². The molecule has 5 aromatic rings. The zero-order valence-electron chi connectivity index (χ0n) is 34.2. The molecule has 0 radical (unpaired) electrons. The summed E-state index contributed by atoms with van der Waals surface area (Å²) in [6, 6.07) is 31.4. The fraction of sp³-hybridized carbons (Fsp3) is 0.133. The molecule has 0 aromatic heterocycles. The van der Waals surface area contributed by atoms with E-state index in [0.29, 0.717) is 61.2 Å². The van der Waals surface area contributed by atoms with Gasteiger partial charge in [-0.1, -0.05) is 54.6 Å². The number of carbonyl (C=O) groups is 1. The van der Waals surface area contributed by atoms with E-state index in [1.165, 1.54) is 6.92 Å². The number of sulfone groups is 1. The Kier molecular flexibility index (Phi) is 10.8. The summed E-state index contributed by atoms with van der Waals surface area (Å²) in [4.78, 5) is 51.2. The third-order valence-electron chi connectivity index (χ3n) is 9.86. The second-order valence-corrected chi connectivity index (χ2v) is 17.5. The molecule has 2 heterocycles. The van der Waals surface area contributed by atoms with Gasteiger partial charge in [0.15, 0.2) is 37.4 Å². The first-order valence-corrected chi connectivity index (χ1v) is 21.9. The molecule has 0 saturated carbocycles. The van der Waals surface area contributed by atoms with Crippen molar-refractivity contribution in [2.24, 2.45) is 0 Å². The quantitative estimate of drug-likeness (QED) is 0.113. The van der Waals surface area contributed by atoms with Crippen molar-refractivity contribution in [3.8, 4) is 28.7 Å². The first-order valence-electron chi connectivity index (χ1n) is 19.0. The molecule has 9 rings (SSSR count). The second-order valence-electron chi connectivity index (χ2n) is 14.7. The monoisotopic (exact) mass is 870 g/mol. The van der Waals surface area contributed by atoms with E-state index in [1.807, 2.05) is 62.3 Å². The fourth-order valence-corrected chi connectivity index (χ4v) is 8.58. The lowest BCUT2D eigenvalue weighted by atomic mass is 10.0. The molecule has 0 spiro atoms. The summed E-state index contributed by atoms with van der Waals surface area (Å²) in [6.07, 6.45) is 1.01. The van der Waals surface area contributed by atoms with Gasteiger partial charge >= 0.3 is 11.3 Å². The van der Waals surface area contributed by atoms with Gasteiger partial charge in [-0.15, -0.1) is 0 Å². The highest BCUT2D eigenvalue weighted by Crippen LogP contribution is 2.40. The third-order valence-corrected chi connectivity index (χ3v) is 11.7. The van der Waals surface area contributed by atoms with Crippen LogP contribution >= 0.6 is 0 Å². The molecular formula is C45H38N6O9S2. The van der Waals surface area contributed by atoms with Crippen molar-refractivity contribution in [3.63, 3.8) is 0 Å². The number of nitrogens with zero attached hydrogens (tertiary/aromatic N) is 4. The molecule has 1 atom stereocenters. The molecule has 4 aliphatic rings. The lowest BCUT2D eigenvalue weighted by Crippen LogP contribution is -2.20. The Balaban J connectivity index is 0.000000180. The van der Waals surface area contributed by atoms with E-state index in [1.54, 1.807) is 84.9 Å². The number of fused-ring (bicyclic) bond motifs is 8. The van der Waals surface area contributed by atoms with E-state index in [2.05, 4.69) is 15.0 Å². The van der Waals surface area contributed by atoms with Crippen molar-refractivity contribution in [1.82, 2.24) is 9.97 Å². The lowest BCUT2D eigenvalue weighted by molar-refractivity contribution is -0.114. The first-order chi connectivity index (χ1) is 29.6. The van der Waals surface area contributed by atoms with Gasteiger partial charge in [-0.05, 0) is 42.5 Å². The Hall–Kier alpha value is -7.37. The van der Waals surface area contributed by atoms with Gasteiger partial charge in [0.1, 0.15) is 33.9 Å². The van der Waals surface area contributed by atoms with Crippen LogP contribution < -0.4 is 34.9 Å². The smallest absolute Gasteiger partial charge is 0.316 e. The van der Waals surface area contributed by atoms with Gasteiger partial charge in [0.2, 0.25) is 16.8 Å². The second kappa shape index (κ2) is 16.2. The Morgan fingerprint density at radius 2 is 1.26 bits per heavy atom. The molecule has 2 aliphatic carbocycles. The third kappa shape index (κ3) is 7.86. The van der Waals surface area contributed by atoms with Crippen molar-refractivity contribution in [1.29, 1.82) is 0 Å². The predicted octanol–water partition coefficient (Wildman–Crippen LogP) is 7.46. The molecule has 2 aliphatic heterocycles. The standard InChI is InChI=1S/C26H22N4O5S.C19H16N2O4S/c1-15(31)27-20-11-7-10-18-22(20)23-26(34-21-14-16(30(2)3)12-13-19(21)28-23)24(25(18)32)29-36(33)35-17-8-5-4-6-9-17;1-21(2)11-8-9-14-15(10-11)25-18-16(20-14)12-6-4-5-7-13(12)17(22)19(18)26(3,23)24/h4-14,29H,1-3H3,(H,27,31);4-10H,1-3H3. The van der Waals surface area contributed by atoms with Crippen LogP contribution in [0.25, 0.3) is 66.7 Å². The fourth-order valence-electron chi connectivity index (χ4n) is 6.98. The zero-order chi connectivity index (χ0) is 44.0. The molecule has 0 bridgehead atoms. The van der Waals surface area contributed by atoms with Crippen LogP contribution in [0.3, 0.4) is 0 Å². The van der Waals surface area contributed by atoms with Crippen LogP contribution in [0.15, 0.2) is 133 Å². The van der Waals surface area contributed by atoms with E-state index in [0.717, 1.165) is 17.6 Å². The molecule has 17 heteroatoms. The predicted molar refractivity (Wildman–Crippen MR) is 244 cm³/mol. The van der Waals surface area contributed by atoms with Gasteiger partial charge < -0.3 is 28.1 Å². The molecule has 5 aromatic carbocycles. The van der Waals surface area contributed by atoms with Crippen molar-refractivity contribution < 1.29 is 30.4 Å². The Morgan fingerprint density at radius 1 is 0.694 bits per heavy atom. The number of rotatable bonds is 8. The molecule has 62 heavy (non-hydrogen) atoms. The van der Waals surface area contributed by atoms with Crippen molar-refractivity contribution in [2.45, 2.75) is 11.8 Å². The van der Waals surface area contributed by atoms with Gasteiger partial charge in [-0.2, -0.15) is 4.21 Å². The summed E-state index contributed by atoms with van der Waals surface area (Å²) in [5.41, 5.74) is 3.77. The van der Waals surface area contributed by atoms with Crippen LogP contribution in [0.4, 0.5) is 22.7 Å². The summed E-state index contributed by atoms with van der Waals surface area (Å²) in [5, 5.41) is 4.35. The highest BCUT2D eigenvalue weighted by molar-refractivity contribution is 7.90. The molecule has 1 amide bonds. The van der Waals surface area contributed by atoms with Crippen molar-refractivity contribution in [3.05, 3.63) is 130 Å². The van der Waals surface area contributed by atoms with Crippen molar-refractivity contribution >= 4 is 93.5 Å². The number of hydrogen-bond acceptors (Lipinski definition) is 13. The van der Waals surface area contributed by atoms with Crippen LogP contribution in [-0.2, 0) is 25.9 Å². The summed E-state index contributed by atoms with van der Waals surface area (Å²) in [6.45, 7) is 1.38. The highest BCUT2D eigenvalue weighted by Gasteiger charge is 2.29. The highest BCUT2D eigenvalue weighted by atomic mass is 32.2. The summed E-state index contributed by atoms with van der Waals surface area (Å²) >= 11 is -2.11. The number of para-hydroxylation sites is 1. The van der Waals surface area contributed by atoms with E-state index in [-0.39, 0.29) is 33.4 Å². The minimum absolute atomic E-state index is 0.000365. The largest absolute Gasteiger partial charge is 0.451 e. The van der Waals surface area contributed by atoms with Crippen LogP contribution in [-0.4, -0.2) is 62.9 Å². The maximum absolute atomic E-state index is 13.6. The van der Waals surface area contributed by atoms with Crippen LogP contribution in [0.1, 0.15) is 6.92 Å². The molecular weight excluding hydrogens is 833 g/mol. The summed E-state index contributed by atoms with van der Waals surface area (Å²) in [5.74, 6) is 0.166. The molecule has 15 nitrogen and oxygen atoms in total. The van der Waals surface area contributed by atoms with Crippen LogP contribution in [0.5, 0.6) is 5.75 Å². The minimum Gasteiger partial charge on any atom is -0.451 e. The summed E-state index contributed by atoms with van der Waals surface area (Å²) < 4.78 is 57.7. The molecule has 314 valence electrons. The minimum atomic E-state index is -3.80. The average molecular weight is 871 g/mol. The molecule has 0 saturated heterocycles. The Labute approximate surface area is 357 Å². The number of carbonyl (C=O) groups excluding carboxylic acids is 1.